The molecule has 1 heterocycles. The normalized spacial score (nSPS) is 10.5. The van der Waals surface area contributed by atoms with E-state index in [1.54, 1.807) is 20.8 Å². The van der Waals surface area contributed by atoms with Crippen LogP contribution >= 0.6 is 0 Å². The molecule has 1 aromatic rings. The second-order valence-electron chi connectivity index (χ2n) is 4.72. The minimum absolute atomic E-state index is 0.152. The lowest BCUT2D eigenvalue weighted by atomic mass is 10.2. The summed E-state index contributed by atoms with van der Waals surface area (Å²) in [6.07, 6.45) is 0. The molecule has 0 saturated heterocycles. The van der Waals surface area contributed by atoms with Crippen LogP contribution in [0, 0.1) is 10.1 Å². The highest BCUT2D eigenvalue weighted by Crippen LogP contribution is 2.17. The van der Waals surface area contributed by atoms with Gasteiger partial charge in [-0.15, -0.1) is 0 Å². The van der Waals surface area contributed by atoms with Gasteiger partial charge in [-0.25, -0.2) is 4.57 Å². The van der Waals surface area contributed by atoms with Gasteiger partial charge in [0.15, 0.2) is 5.69 Å². The van der Waals surface area contributed by atoms with Crippen molar-refractivity contribution in [2.75, 3.05) is 13.2 Å². The molecule has 1 aromatic heterocycles. The first-order valence-electron chi connectivity index (χ1n) is 6.56. The van der Waals surface area contributed by atoms with Crippen LogP contribution < -0.4 is 0 Å². The van der Waals surface area contributed by atoms with Crippen molar-refractivity contribution >= 4 is 17.7 Å². The van der Waals surface area contributed by atoms with E-state index in [1.807, 2.05) is 0 Å². The summed E-state index contributed by atoms with van der Waals surface area (Å²) < 4.78 is 6.03. The van der Waals surface area contributed by atoms with Crippen LogP contribution in [-0.2, 0) is 16.6 Å². The van der Waals surface area contributed by atoms with E-state index in [0.717, 1.165) is 0 Å². The van der Waals surface area contributed by atoms with Crippen LogP contribution in [0.5, 0.6) is 0 Å². The van der Waals surface area contributed by atoms with E-state index in [9.17, 15) is 19.7 Å². The molecule has 8 nitrogen and oxygen atoms in total. The third kappa shape index (κ3) is 3.80. The first-order valence-corrected chi connectivity index (χ1v) is 6.56. The van der Waals surface area contributed by atoms with Gasteiger partial charge in [0, 0.05) is 12.1 Å². The molecule has 8 heteroatoms. The maximum absolute atomic E-state index is 12.5. The summed E-state index contributed by atoms with van der Waals surface area (Å²) in [5.41, 5.74) is 0.152. The van der Waals surface area contributed by atoms with Crippen LogP contribution in [0.4, 0.5) is 5.82 Å². The van der Waals surface area contributed by atoms with Gasteiger partial charge in [0.1, 0.15) is 6.54 Å². The number of hydrogen-bond acceptors (Lipinski definition) is 5. The van der Waals surface area contributed by atoms with Gasteiger partial charge < -0.3 is 19.8 Å². The van der Waals surface area contributed by atoms with Crippen molar-refractivity contribution in [2.24, 2.45) is 7.05 Å². The van der Waals surface area contributed by atoms with Crippen molar-refractivity contribution in [3.63, 3.8) is 0 Å². The van der Waals surface area contributed by atoms with Crippen LogP contribution in [0.15, 0.2) is 12.1 Å². The molecule has 0 bridgehead atoms. The Morgan fingerprint density at radius 3 is 2.48 bits per heavy atom. The van der Waals surface area contributed by atoms with Gasteiger partial charge in [-0.1, -0.05) is 0 Å². The predicted octanol–water partition coefficient (Wildman–Crippen LogP) is 1.35. The number of esters is 1. The highest BCUT2D eigenvalue weighted by molar-refractivity contribution is 5.95. The van der Waals surface area contributed by atoms with E-state index in [-0.39, 0.29) is 30.7 Å². The highest BCUT2D eigenvalue weighted by atomic mass is 16.6. The summed E-state index contributed by atoms with van der Waals surface area (Å²) in [6.45, 7) is 5.24. The SMILES string of the molecule is CCOC(=O)CN(C(=O)c1ccc([N+](=O)[O-])n1C)C(C)C. The topological polar surface area (TPSA) is 94.7 Å². The Morgan fingerprint density at radius 2 is 2.05 bits per heavy atom. The molecule has 0 aliphatic heterocycles. The number of ether oxygens (including phenoxy) is 1. The van der Waals surface area contributed by atoms with Gasteiger partial charge in [0.2, 0.25) is 0 Å². The maximum Gasteiger partial charge on any atom is 0.325 e. The molecule has 0 unspecified atom stereocenters. The summed E-state index contributed by atoms with van der Waals surface area (Å²) in [5, 5.41) is 10.8. The molecule has 0 aliphatic rings. The van der Waals surface area contributed by atoms with Gasteiger partial charge >= 0.3 is 11.8 Å². The minimum atomic E-state index is -0.568. The van der Waals surface area contributed by atoms with Crippen molar-refractivity contribution < 1.29 is 19.2 Å². The van der Waals surface area contributed by atoms with E-state index in [4.69, 9.17) is 4.74 Å². The number of rotatable bonds is 6. The van der Waals surface area contributed by atoms with Crippen molar-refractivity contribution in [3.8, 4) is 0 Å². The van der Waals surface area contributed by atoms with Crippen LogP contribution in [-0.4, -0.2) is 45.5 Å². The number of aromatic nitrogens is 1. The highest BCUT2D eigenvalue weighted by Gasteiger charge is 2.28. The van der Waals surface area contributed by atoms with Gasteiger partial charge in [-0.05, 0) is 31.8 Å². The third-order valence-electron chi connectivity index (χ3n) is 2.99. The molecule has 0 saturated carbocycles. The second-order valence-corrected chi connectivity index (χ2v) is 4.72. The second kappa shape index (κ2) is 6.87. The zero-order valence-corrected chi connectivity index (χ0v) is 12.5. The molecule has 0 aliphatic carbocycles. The number of nitrogens with zero attached hydrogens (tertiary/aromatic N) is 3. The predicted molar refractivity (Wildman–Crippen MR) is 74.9 cm³/mol. The largest absolute Gasteiger partial charge is 0.465 e. The molecule has 116 valence electrons. The number of amides is 1. The molecule has 0 aromatic carbocycles. The number of hydrogen-bond donors (Lipinski definition) is 0. The van der Waals surface area contributed by atoms with Crippen LogP contribution in [0.3, 0.4) is 0 Å². The number of nitro groups is 1. The van der Waals surface area contributed by atoms with Crippen molar-refractivity contribution in [1.29, 1.82) is 0 Å². The van der Waals surface area contributed by atoms with E-state index in [2.05, 4.69) is 0 Å². The van der Waals surface area contributed by atoms with Crippen LogP contribution in [0.2, 0.25) is 0 Å². The lowest BCUT2D eigenvalue weighted by Crippen LogP contribution is -2.42. The minimum Gasteiger partial charge on any atom is -0.465 e. The van der Waals surface area contributed by atoms with Gasteiger partial charge in [0.25, 0.3) is 5.91 Å². The summed E-state index contributed by atoms with van der Waals surface area (Å²) in [4.78, 5) is 35.6. The Kier molecular flexibility index (Phi) is 5.45. The Morgan fingerprint density at radius 1 is 1.43 bits per heavy atom. The molecule has 0 spiro atoms. The zero-order valence-electron chi connectivity index (χ0n) is 12.5. The molecule has 1 rings (SSSR count). The van der Waals surface area contributed by atoms with Crippen LogP contribution in [0.1, 0.15) is 31.3 Å². The Balaban J connectivity index is 3.01. The lowest BCUT2D eigenvalue weighted by molar-refractivity contribution is -0.391. The Hall–Kier alpha value is -2.38. The number of carbonyl (C=O) groups is 2. The molecule has 0 N–H and O–H groups in total. The third-order valence-corrected chi connectivity index (χ3v) is 2.99. The molecular formula is C13H19N3O5. The Labute approximate surface area is 122 Å². The summed E-state index contributed by atoms with van der Waals surface area (Å²) in [7, 11) is 1.44. The van der Waals surface area contributed by atoms with E-state index in [1.165, 1.54) is 28.6 Å². The van der Waals surface area contributed by atoms with Gasteiger partial charge in [-0.2, -0.15) is 0 Å². The fourth-order valence-corrected chi connectivity index (χ4v) is 1.88. The lowest BCUT2D eigenvalue weighted by Gasteiger charge is -2.24. The molecule has 0 radical (unpaired) electrons. The van der Waals surface area contributed by atoms with Gasteiger partial charge in [-0.3, -0.25) is 9.59 Å². The van der Waals surface area contributed by atoms with E-state index in [0.29, 0.717) is 0 Å². The van der Waals surface area contributed by atoms with Crippen molar-refractivity contribution in [3.05, 3.63) is 27.9 Å². The fourth-order valence-electron chi connectivity index (χ4n) is 1.88. The van der Waals surface area contributed by atoms with E-state index < -0.39 is 16.8 Å². The average Bonchev–Trinajstić information content (AvgIpc) is 2.77. The van der Waals surface area contributed by atoms with E-state index >= 15 is 0 Å². The standard InChI is InChI=1S/C13H19N3O5/c1-5-21-12(17)8-15(9(2)3)13(18)10-6-7-11(14(10)4)16(19)20/h6-7,9H,5,8H2,1-4H3. The summed E-state index contributed by atoms with van der Waals surface area (Å²) in [6, 6.07) is 2.40. The van der Waals surface area contributed by atoms with Crippen molar-refractivity contribution in [2.45, 2.75) is 26.8 Å². The average molecular weight is 297 g/mol. The zero-order chi connectivity index (χ0) is 16.2. The molecule has 0 atom stereocenters. The first-order chi connectivity index (χ1) is 9.79. The summed E-state index contributed by atoms with van der Waals surface area (Å²) in [5.74, 6) is -1.14. The van der Waals surface area contributed by atoms with Crippen molar-refractivity contribution in [1.82, 2.24) is 9.47 Å². The molecule has 1 amide bonds. The fraction of sp³-hybridized carbons (Fsp3) is 0.538. The molecular weight excluding hydrogens is 278 g/mol. The Bertz CT molecular complexity index is 550. The molecule has 21 heavy (non-hydrogen) atoms. The number of carbonyl (C=O) groups excluding carboxylic acids is 2. The maximum atomic E-state index is 12.5. The summed E-state index contributed by atoms with van der Waals surface area (Å²) >= 11 is 0. The molecule has 0 fully saturated rings. The quantitative estimate of drug-likeness (QED) is 0.448. The monoisotopic (exact) mass is 297 g/mol. The smallest absolute Gasteiger partial charge is 0.325 e. The van der Waals surface area contributed by atoms with Crippen LogP contribution in [0.25, 0.3) is 0 Å². The van der Waals surface area contributed by atoms with Gasteiger partial charge in [0.05, 0.1) is 13.7 Å². The first kappa shape index (κ1) is 16.7.